The van der Waals surface area contributed by atoms with Gasteiger partial charge in [0, 0.05) is 0 Å². The first-order chi connectivity index (χ1) is 4.21. The van der Waals surface area contributed by atoms with Gasteiger partial charge in [-0.3, -0.25) is 0 Å². The van der Waals surface area contributed by atoms with E-state index in [4.69, 9.17) is 0 Å². The van der Waals surface area contributed by atoms with Crippen LogP contribution in [0.1, 0.15) is 27.7 Å². The highest BCUT2D eigenvalue weighted by Gasteiger charge is 2.13. The van der Waals surface area contributed by atoms with Crippen molar-refractivity contribution in [2.24, 2.45) is 10.2 Å². The van der Waals surface area contributed by atoms with Crippen molar-refractivity contribution >= 4 is 50.1 Å². The molecule has 0 rings (SSSR count). The van der Waals surface area contributed by atoms with Gasteiger partial charge in [-0.1, -0.05) is 0 Å². The third-order valence-corrected chi connectivity index (χ3v) is 0.718. The molecule has 0 spiro atoms. The predicted molar refractivity (Wildman–Crippen MR) is 65.5 cm³/mol. The van der Waals surface area contributed by atoms with Crippen LogP contribution in [0.15, 0.2) is 10.2 Å². The Morgan fingerprint density at radius 2 is 0.917 bits per heavy atom. The minimum Gasteiger partial charge on any atom is -0.176 e. The summed E-state index contributed by atoms with van der Waals surface area (Å²) in [4.78, 5) is -0.778. The van der Waals surface area contributed by atoms with Crippen molar-refractivity contribution in [1.82, 2.24) is 0 Å². The van der Waals surface area contributed by atoms with Crippen LogP contribution in [0.5, 0.6) is 0 Å². The van der Waals surface area contributed by atoms with Crippen molar-refractivity contribution in [2.45, 2.75) is 37.4 Å². The van der Waals surface area contributed by atoms with Crippen LogP contribution in [0, 0.1) is 0 Å². The van der Waals surface area contributed by atoms with Gasteiger partial charge in [0.05, 0.1) is 0 Å². The van der Waals surface area contributed by atoms with Crippen LogP contribution >= 0.6 is 50.1 Å². The number of azo groups is 1. The fraction of sp³-hybridized carbons (Fsp3) is 1.00. The lowest BCUT2D eigenvalue weighted by molar-refractivity contribution is 0.620. The van der Waals surface area contributed by atoms with Gasteiger partial charge in [-0.15, -0.1) is 50.1 Å². The maximum Gasteiger partial charge on any atom is 0.118 e. The Kier molecular flexibility index (Phi) is 9.86. The molecule has 12 heavy (non-hydrogen) atoms. The molecule has 0 saturated heterocycles. The van der Waals surface area contributed by atoms with Crippen molar-refractivity contribution in [2.75, 3.05) is 0 Å². The summed E-state index contributed by atoms with van der Waals surface area (Å²) in [5.74, 6) is 0. The minimum absolute atomic E-state index is 0. The van der Waals surface area contributed by atoms with Crippen LogP contribution in [0.3, 0.4) is 0 Å². The Bertz CT molecular complexity index is 121. The van der Waals surface area contributed by atoms with E-state index in [-0.39, 0.29) is 34.6 Å². The number of thiol groups is 2. The molecule has 0 aliphatic heterocycles. The van der Waals surface area contributed by atoms with E-state index >= 15 is 0 Å². The molecule has 0 aromatic carbocycles. The Morgan fingerprint density at radius 3 is 1.00 bits per heavy atom. The van der Waals surface area contributed by atoms with Gasteiger partial charge in [0.2, 0.25) is 0 Å². The molecule has 0 aliphatic carbocycles. The van der Waals surface area contributed by atoms with Crippen LogP contribution < -0.4 is 0 Å². The van der Waals surface area contributed by atoms with Gasteiger partial charge in [-0.05, 0) is 27.7 Å². The molecule has 0 atom stereocenters. The number of hydrogen-bond donors (Lipinski definition) is 2. The predicted octanol–water partition coefficient (Wildman–Crippen LogP) is 3.61. The fourth-order valence-electron chi connectivity index (χ4n) is 0.245. The molecule has 0 radical (unpaired) electrons. The third kappa shape index (κ3) is 17.1. The first kappa shape index (κ1) is 18.6. The molecular formula is C6H16Cl2N2S2. The van der Waals surface area contributed by atoms with Gasteiger partial charge in [-0.25, -0.2) is 0 Å². The Balaban J connectivity index is -0.000000405. The zero-order valence-corrected chi connectivity index (χ0v) is 11.0. The molecule has 0 aromatic heterocycles. The number of rotatable bonds is 2. The van der Waals surface area contributed by atoms with Gasteiger partial charge >= 0.3 is 0 Å². The lowest BCUT2D eigenvalue weighted by Gasteiger charge is -2.13. The molecule has 0 amide bonds. The molecule has 0 aliphatic rings. The number of nitrogens with zero attached hydrogens (tertiary/aromatic N) is 2. The molecule has 2 nitrogen and oxygen atoms in total. The summed E-state index contributed by atoms with van der Waals surface area (Å²) in [6.07, 6.45) is 0. The summed E-state index contributed by atoms with van der Waals surface area (Å²) in [6, 6.07) is 0. The maximum atomic E-state index is 4.17. The van der Waals surface area contributed by atoms with Crippen molar-refractivity contribution in [3.8, 4) is 0 Å². The summed E-state index contributed by atoms with van der Waals surface area (Å²) in [5, 5.41) is 7.88. The highest BCUT2D eigenvalue weighted by atomic mass is 35.5. The van der Waals surface area contributed by atoms with E-state index in [1.807, 2.05) is 27.7 Å². The Morgan fingerprint density at radius 1 is 0.750 bits per heavy atom. The molecule has 6 heteroatoms. The van der Waals surface area contributed by atoms with Crippen molar-refractivity contribution < 1.29 is 0 Å². The first-order valence-electron chi connectivity index (χ1n) is 3.09. The third-order valence-electron chi connectivity index (χ3n) is 0.539. The van der Waals surface area contributed by atoms with E-state index in [2.05, 4.69) is 35.5 Å². The van der Waals surface area contributed by atoms with Gasteiger partial charge < -0.3 is 0 Å². The zero-order chi connectivity index (χ0) is 8.41. The van der Waals surface area contributed by atoms with E-state index in [0.29, 0.717) is 0 Å². The van der Waals surface area contributed by atoms with E-state index in [1.165, 1.54) is 0 Å². The quantitative estimate of drug-likeness (QED) is 0.553. The van der Waals surface area contributed by atoms with Gasteiger partial charge in [0.1, 0.15) is 9.74 Å². The van der Waals surface area contributed by atoms with Gasteiger partial charge in [0.15, 0.2) is 0 Å². The van der Waals surface area contributed by atoms with E-state index in [9.17, 15) is 0 Å². The second-order valence-electron chi connectivity index (χ2n) is 3.19. The largest absolute Gasteiger partial charge is 0.176 e. The van der Waals surface area contributed by atoms with E-state index in [1.54, 1.807) is 0 Å². The molecule has 0 bridgehead atoms. The zero-order valence-electron chi connectivity index (χ0n) is 7.61. The van der Waals surface area contributed by atoms with Crippen LogP contribution in [0.2, 0.25) is 0 Å². The summed E-state index contributed by atoms with van der Waals surface area (Å²) in [5.41, 5.74) is 0. The molecule has 0 fully saturated rings. The van der Waals surface area contributed by atoms with Crippen LogP contribution in [-0.4, -0.2) is 9.74 Å². The average Bonchev–Trinajstić information content (AvgIpc) is 1.57. The van der Waals surface area contributed by atoms with Crippen LogP contribution in [-0.2, 0) is 0 Å². The van der Waals surface area contributed by atoms with Crippen molar-refractivity contribution in [3.05, 3.63) is 0 Å². The fourth-order valence-corrected chi connectivity index (χ4v) is 0.334. The molecule has 0 N–H and O–H groups in total. The monoisotopic (exact) mass is 250 g/mol. The molecule has 0 aromatic rings. The van der Waals surface area contributed by atoms with Crippen LogP contribution in [0.25, 0.3) is 0 Å². The number of hydrogen-bond acceptors (Lipinski definition) is 4. The van der Waals surface area contributed by atoms with E-state index in [0.717, 1.165) is 0 Å². The summed E-state index contributed by atoms with van der Waals surface area (Å²) in [7, 11) is 0. The molecule has 0 unspecified atom stereocenters. The normalized spacial score (nSPS) is 12.2. The number of halogens is 2. The topological polar surface area (TPSA) is 24.7 Å². The highest BCUT2D eigenvalue weighted by molar-refractivity contribution is 7.82. The van der Waals surface area contributed by atoms with Gasteiger partial charge in [0.25, 0.3) is 0 Å². The standard InChI is InChI=1S/C6H14N2S2.2ClH/c1-5(2,9)7-8-6(3,4)10;;/h9-10H,1-4H3;2*1H. The smallest absolute Gasteiger partial charge is 0.118 e. The minimum atomic E-state index is -0.389. The molecule has 0 saturated carbocycles. The van der Waals surface area contributed by atoms with Crippen molar-refractivity contribution in [3.63, 3.8) is 0 Å². The second kappa shape index (κ2) is 6.35. The van der Waals surface area contributed by atoms with Crippen molar-refractivity contribution in [1.29, 1.82) is 0 Å². The summed E-state index contributed by atoms with van der Waals surface area (Å²) in [6.45, 7) is 7.50. The van der Waals surface area contributed by atoms with Crippen LogP contribution in [0.4, 0.5) is 0 Å². The molecular weight excluding hydrogens is 235 g/mol. The lowest BCUT2D eigenvalue weighted by Crippen LogP contribution is -2.10. The summed E-state index contributed by atoms with van der Waals surface area (Å²) >= 11 is 8.34. The Labute approximate surface area is 97.6 Å². The average molecular weight is 251 g/mol. The van der Waals surface area contributed by atoms with Gasteiger partial charge in [-0.2, -0.15) is 10.2 Å². The maximum absolute atomic E-state index is 4.17. The first-order valence-corrected chi connectivity index (χ1v) is 3.99. The lowest BCUT2D eigenvalue weighted by atomic mass is 10.4. The molecule has 76 valence electrons. The second-order valence-corrected chi connectivity index (χ2v) is 5.38. The highest BCUT2D eigenvalue weighted by Crippen LogP contribution is 2.20. The SMILES string of the molecule is CC(C)(S)N=NC(C)(C)S.Cl.Cl. The molecule has 0 heterocycles. The summed E-state index contributed by atoms with van der Waals surface area (Å²) < 4.78 is 0. The van der Waals surface area contributed by atoms with E-state index < -0.39 is 0 Å². The Hall–Kier alpha value is 0.880.